The van der Waals surface area contributed by atoms with Gasteiger partial charge in [0.15, 0.2) is 0 Å². The molecule has 21 heavy (non-hydrogen) atoms. The van der Waals surface area contributed by atoms with E-state index in [-0.39, 0.29) is 0 Å². The van der Waals surface area contributed by atoms with Crippen LogP contribution in [-0.4, -0.2) is 17.8 Å². The van der Waals surface area contributed by atoms with E-state index in [9.17, 15) is 0 Å². The SMILES string of the molecule is Cc1c(Br)cccc1OC1CCC(CC[C@H](C)CO)CC1. The quantitative estimate of drug-likeness (QED) is 0.769. The predicted octanol–water partition coefficient (Wildman–Crippen LogP) is 5.10. The van der Waals surface area contributed by atoms with Gasteiger partial charge in [-0.15, -0.1) is 0 Å². The molecule has 1 aromatic carbocycles. The summed E-state index contributed by atoms with van der Waals surface area (Å²) in [6.45, 7) is 4.55. The molecule has 2 nitrogen and oxygen atoms in total. The molecule has 1 saturated carbocycles. The molecule has 2 rings (SSSR count). The Morgan fingerprint density at radius 2 is 2.00 bits per heavy atom. The molecule has 0 saturated heterocycles. The number of rotatable bonds is 6. The van der Waals surface area contributed by atoms with E-state index in [0.29, 0.717) is 18.6 Å². The second-order valence-electron chi connectivity index (χ2n) is 6.49. The number of aliphatic hydroxyl groups excluding tert-OH is 1. The van der Waals surface area contributed by atoms with Crippen molar-refractivity contribution in [3.05, 3.63) is 28.2 Å². The summed E-state index contributed by atoms with van der Waals surface area (Å²) in [5, 5.41) is 9.09. The van der Waals surface area contributed by atoms with Crippen molar-refractivity contribution in [2.45, 2.75) is 58.5 Å². The fourth-order valence-electron chi connectivity index (χ4n) is 3.04. The Hall–Kier alpha value is -0.540. The summed E-state index contributed by atoms with van der Waals surface area (Å²) in [7, 11) is 0. The highest BCUT2D eigenvalue weighted by Gasteiger charge is 2.23. The van der Waals surface area contributed by atoms with Gasteiger partial charge in [0.1, 0.15) is 5.75 Å². The predicted molar refractivity (Wildman–Crippen MR) is 90.7 cm³/mol. The van der Waals surface area contributed by atoms with Crippen LogP contribution >= 0.6 is 15.9 Å². The van der Waals surface area contributed by atoms with Gasteiger partial charge < -0.3 is 9.84 Å². The topological polar surface area (TPSA) is 29.5 Å². The van der Waals surface area contributed by atoms with Gasteiger partial charge in [0.2, 0.25) is 0 Å². The van der Waals surface area contributed by atoms with Crippen LogP contribution in [0.5, 0.6) is 5.75 Å². The molecule has 0 amide bonds. The van der Waals surface area contributed by atoms with Crippen molar-refractivity contribution in [2.24, 2.45) is 11.8 Å². The third kappa shape index (κ3) is 5.00. The van der Waals surface area contributed by atoms with Crippen LogP contribution < -0.4 is 4.74 Å². The summed E-state index contributed by atoms with van der Waals surface area (Å²) < 4.78 is 7.31. The van der Waals surface area contributed by atoms with Crippen LogP contribution in [-0.2, 0) is 0 Å². The third-order valence-electron chi connectivity index (χ3n) is 4.68. The lowest BCUT2D eigenvalue weighted by atomic mass is 9.83. The van der Waals surface area contributed by atoms with Crippen LogP contribution in [0.1, 0.15) is 51.0 Å². The van der Waals surface area contributed by atoms with Gasteiger partial charge in [-0.1, -0.05) is 35.3 Å². The van der Waals surface area contributed by atoms with E-state index >= 15 is 0 Å². The van der Waals surface area contributed by atoms with Crippen molar-refractivity contribution in [1.29, 1.82) is 0 Å². The zero-order chi connectivity index (χ0) is 15.2. The Labute approximate surface area is 137 Å². The van der Waals surface area contributed by atoms with E-state index in [1.807, 2.05) is 6.07 Å². The van der Waals surface area contributed by atoms with Crippen molar-refractivity contribution in [2.75, 3.05) is 6.61 Å². The lowest BCUT2D eigenvalue weighted by Crippen LogP contribution is -2.24. The first-order valence-corrected chi connectivity index (χ1v) is 8.92. The minimum absolute atomic E-state index is 0.320. The summed E-state index contributed by atoms with van der Waals surface area (Å²) in [6.07, 6.45) is 7.60. The Morgan fingerprint density at radius 3 is 2.67 bits per heavy atom. The Kier molecular flexibility index (Phi) is 6.56. The van der Waals surface area contributed by atoms with Gasteiger partial charge >= 0.3 is 0 Å². The molecule has 1 N–H and O–H groups in total. The van der Waals surface area contributed by atoms with E-state index in [2.05, 4.69) is 41.9 Å². The van der Waals surface area contributed by atoms with Crippen LogP contribution in [0.4, 0.5) is 0 Å². The molecule has 0 spiro atoms. The number of benzene rings is 1. The third-order valence-corrected chi connectivity index (χ3v) is 5.54. The highest BCUT2D eigenvalue weighted by molar-refractivity contribution is 9.10. The van der Waals surface area contributed by atoms with E-state index in [1.165, 1.54) is 24.8 Å². The fourth-order valence-corrected chi connectivity index (χ4v) is 3.39. The number of hydrogen-bond donors (Lipinski definition) is 1. The molecule has 1 aromatic rings. The number of ether oxygens (including phenoxy) is 1. The summed E-state index contributed by atoms with van der Waals surface area (Å²) in [6, 6.07) is 6.16. The lowest BCUT2D eigenvalue weighted by molar-refractivity contribution is 0.123. The summed E-state index contributed by atoms with van der Waals surface area (Å²) in [5.41, 5.74) is 1.19. The first-order valence-electron chi connectivity index (χ1n) is 8.12. The molecule has 1 aliphatic rings. The zero-order valence-corrected chi connectivity index (χ0v) is 14.7. The smallest absolute Gasteiger partial charge is 0.123 e. The van der Waals surface area contributed by atoms with Crippen molar-refractivity contribution >= 4 is 15.9 Å². The van der Waals surface area contributed by atoms with Gasteiger partial charge in [-0.25, -0.2) is 0 Å². The van der Waals surface area contributed by atoms with Crippen molar-refractivity contribution in [3.8, 4) is 5.75 Å². The van der Waals surface area contributed by atoms with Crippen molar-refractivity contribution in [1.82, 2.24) is 0 Å². The molecular weight excluding hydrogens is 328 g/mol. The zero-order valence-electron chi connectivity index (χ0n) is 13.1. The molecular formula is C18H27BrO2. The van der Waals surface area contributed by atoms with Crippen LogP contribution in [0.15, 0.2) is 22.7 Å². The summed E-state index contributed by atoms with van der Waals surface area (Å²) >= 11 is 3.56. The summed E-state index contributed by atoms with van der Waals surface area (Å²) in [5.74, 6) is 2.28. The molecule has 3 heteroatoms. The molecule has 0 radical (unpaired) electrons. The van der Waals surface area contributed by atoms with E-state index < -0.39 is 0 Å². The molecule has 0 bridgehead atoms. The van der Waals surface area contributed by atoms with Crippen molar-refractivity contribution in [3.63, 3.8) is 0 Å². The largest absolute Gasteiger partial charge is 0.490 e. The highest BCUT2D eigenvalue weighted by atomic mass is 79.9. The minimum Gasteiger partial charge on any atom is -0.490 e. The number of halogens is 1. The molecule has 1 atom stereocenters. The normalized spacial score (nSPS) is 23.8. The monoisotopic (exact) mass is 354 g/mol. The molecule has 0 aromatic heterocycles. The second-order valence-corrected chi connectivity index (χ2v) is 7.34. The average molecular weight is 355 g/mol. The fraction of sp³-hybridized carbons (Fsp3) is 0.667. The standard InChI is InChI=1S/C18H27BrO2/c1-13(12-20)6-7-15-8-10-16(11-9-15)21-18-5-3-4-17(19)14(18)2/h3-5,13,15-16,20H,6-12H2,1-2H3/t13-,15?,16?/m0/s1. The maximum absolute atomic E-state index is 9.09. The first kappa shape index (κ1) is 16.8. The first-order chi connectivity index (χ1) is 10.1. The number of aliphatic hydroxyl groups is 1. The van der Waals surface area contributed by atoms with Gasteiger partial charge in [0.05, 0.1) is 6.10 Å². The maximum Gasteiger partial charge on any atom is 0.123 e. The molecule has 1 fully saturated rings. The van der Waals surface area contributed by atoms with Crippen LogP contribution in [0.3, 0.4) is 0 Å². The Bertz CT molecular complexity index is 439. The Morgan fingerprint density at radius 1 is 1.29 bits per heavy atom. The number of hydrogen-bond acceptors (Lipinski definition) is 2. The molecule has 0 aliphatic heterocycles. The van der Waals surface area contributed by atoms with Crippen LogP contribution in [0.2, 0.25) is 0 Å². The molecule has 0 unspecified atom stereocenters. The second kappa shape index (κ2) is 8.19. The minimum atomic E-state index is 0.320. The maximum atomic E-state index is 9.09. The lowest BCUT2D eigenvalue weighted by Gasteiger charge is -2.30. The highest BCUT2D eigenvalue weighted by Crippen LogP contribution is 2.33. The molecule has 0 heterocycles. The van der Waals surface area contributed by atoms with E-state index in [4.69, 9.17) is 9.84 Å². The van der Waals surface area contributed by atoms with Gasteiger partial charge in [0, 0.05) is 16.6 Å². The van der Waals surface area contributed by atoms with Crippen LogP contribution in [0.25, 0.3) is 0 Å². The van der Waals surface area contributed by atoms with Gasteiger partial charge in [-0.2, -0.15) is 0 Å². The van der Waals surface area contributed by atoms with Gasteiger partial charge in [-0.3, -0.25) is 0 Å². The summed E-state index contributed by atoms with van der Waals surface area (Å²) in [4.78, 5) is 0. The van der Waals surface area contributed by atoms with Gasteiger partial charge in [-0.05, 0) is 63.0 Å². The Balaban J connectivity index is 1.78. The van der Waals surface area contributed by atoms with Crippen LogP contribution in [0, 0.1) is 18.8 Å². The molecule has 118 valence electrons. The van der Waals surface area contributed by atoms with Gasteiger partial charge in [0.25, 0.3) is 0 Å². The van der Waals surface area contributed by atoms with Crippen molar-refractivity contribution < 1.29 is 9.84 Å². The average Bonchev–Trinajstić information content (AvgIpc) is 2.51. The van der Waals surface area contributed by atoms with E-state index in [1.54, 1.807) is 0 Å². The van der Waals surface area contributed by atoms with E-state index in [0.717, 1.165) is 35.4 Å². The molecule has 1 aliphatic carbocycles.